The highest BCUT2D eigenvalue weighted by atomic mass is 35.5. The van der Waals surface area contributed by atoms with Crippen LogP contribution in [0.25, 0.3) is 11.6 Å². The Morgan fingerprint density at radius 2 is 1.63 bits per heavy atom. The molecule has 4 rings (SSSR count). The van der Waals surface area contributed by atoms with Crippen molar-refractivity contribution in [2.45, 2.75) is 18.3 Å². The summed E-state index contributed by atoms with van der Waals surface area (Å²) in [4.78, 5) is 31.0. The van der Waals surface area contributed by atoms with E-state index in [1.165, 1.54) is 4.90 Å². The lowest BCUT2D eigenvalue weighted by molar-refractivity contribution is 0.0827. The summed E-state index contributed by atoms with van der Waals surface area (Å²) in [5.74, 6) is 1.63. The SMILES string of the molecule is CN(C)C(=O)c1cc(C2CC2c2cnc(-c3ncccn3)nc2)ccc1Cl. The predicted octanol–water partition coefficient (Wildman–Crippen LogP) is 3.56. The Balaban J connectivity index is 1.53. The average molecular weight is 380 g/mol. The van der Waals surface area contributed by atoms with E-state index in [1.54, 1.807) is 38.6 Å². The van der Waals surface area contributed by atoms with Gasteiger partial charge < -0.3 is 4.90 Å². The van der Waals surface area contributed by atoms with Crippen molar-refractivity contribution in [1.82, 2.24) is 24.8 Å². The Labute approximate surface area is 162 Å². The molecule has 2 aromatic heterocycles. The number of hydrogen-bond acceptors (Lipinski definition) is 5. The molecule has 0 aliphatic heterocycles. The highest BCUT2D eigenvalue weighted by Gasteiger charge is 2.40. The molecular weight excluding hydrogens is 362 g/mol. The van der Waals surface area contributed by atoms with E-state index in [0.717, 1.165) is 17.5 Å². The molecule has 1 aliphatic rings. The van der Waals surface area contributed by atoms with Crippen LogP contribution >= 0.6 is 11.6 Å². The van der Waals surface area contributed by atoms with E-state index in [-0.39, 0.29) is 5.91 Å². The van der Waals surface area contributed by atoms with Gasteiger partial charge in [0.05, 0.1) is 10.6 Å². The van der Waals surface area contributed by atoms with Crippen LogP contribution in [0.5, 0.6) is 0 Å². The third-order valence-electron chi connectivity index (χ3n) is 4.71. The first-order valence-electron chi connectivity index (χ1n) is 8.65. The maximum atomic E-state index is 12.3. The van der Waals surface area contributed by atoms with Gasteiger partial charge in [0.1, 0.15) is 0 Å². The second kappa shape index (κ2) is 7.04. The Morgan fingerprint density at radius 1 is 1.00 bits per heavy atom. The van der Waals surface area contributed by atoms with Gasteiger partial charge in [-0.25, -0.2) is 19.9 Å². The molecule has 2 unspecified atom stereocenters. The lowest BCUT2D eigenvalue weighted by atomic mass is 10.0. The van der Waals surface area contributed by atoms with Crippen molar-refractivity contribution in [3.63, 3.8) is 0 Å². The van der Waals surface area contributed by atoms with Crippen LogP contribution in [-0.2, 0) is 0 Å². The smallest absolute Gasteiger partial charge is 0.254 e. The number of benzene rings is 1. The van der Waals surface area contributed by atoms with Gasteiger partial charge in [-0.05, 0) is 47.6 Å². The summed E-state index contributed by atoms with van der Waals surface area (Å²) in [6.45, 7) is 0. The van der Waals surface area contributed by atoms with Gasteiger partial charge in [-0.15, -0.1) is 0 Å². The second-order valence-electron chi connectivity index (χ2n) is 6.80. The predicted molar refractivity (Wildman–Crippen MR) is 103 cm³/mol. The van der Waals surface area contributed by atoms with Crippen LogP contribution in [-0.4, -0.2) is 44.8 Å². The highest BCUT2D eigenvalue weighted by molar-refractivity contribution is 6.33. The zero-order chi connectivity index (χ0) is 19.0. The molecule has 0 saturated heterocycles. The molecule has 0 spiro atoms. The fourth-order valence-corrected chi connectivity index (χ4v) is 3.37. The van der Waals surface area contributed by atoms with E-state index in [2.05, 4.69) is 19.9 Å². The van der Waals surface area contributed by atoms with Crippen LogP contribution in [0, 0.1) is 0 Å². The van der Waals surface area contributed by atoms with Gasteiger partial charge in [-0.3, -0.25) is 4.79 Å². The molecule has 0 radical (unpaired) electrons. The van der Waals surface area contributed by atoms with Crippen molar-refractivity contribution >= 4 is 17.5 Å². The summed E-state index contributed by atoms with van der Waals surface area (Å²) in [5, 5.41) is 0.477. The molecule has 0 bridgehead atoms. The molecule has 1 fully saturated rings. The van der Waals surface area contributed by atoms with Crippen LogP contribution in [0.4, 0.5) is 0 Å². The van der Waals surface area contributed by atoms with E-state index in [9.17, 15) is 4.79 Å². The molecule has 1 aromatic carbocycles. The van der Waals surface area contributed by atoms with Gasteiger partial charge in [0.25, 0.3) is 5.91 Å². The van der Waals surface area contributed by atoms with Crippen LogP contribution in [0.2, 0.25) is 5.02 Å². The normalized spacial score (nSPS) is 18.2. The maximum Gasteiger partial charge on any atom is 0.254 e. The Morgan fingerprint density at radius 3 is 2.30 bits per heavy atom. The summed E-state index contributed by atoms with van der Waals surface area (Å²) in [6.07, 6.45) is 8.02. The minimum Gasteiger partial charge on any atom is -0.345 e. The van der Waals surface area contributed by atoms with Crippen molar-refractivity contribution in [3.05, 3.63) is 70.8 Å². The van der Waals surface area contributed by atoms with E-state index in [4.69, 9.17) is 11.6 Å². The second-order valence-corrected chi connectivity index (χ2v) is 7.21. The summed E-state index contributed by atoms with van der Waals surface area (Å²) < 4.78 is 0. The van der Waals surface area contributed by atoms with Crippen LogP contribution in [0.3, 0.4) is 0 Å². The van der Waals surface area contributed by atoms with Crippen molar-refractivity contribution in [2.24, 2.45) is 0 Å². The number of aromatic nitrogens is 4. The Kier molecular flexibility index (Phi) is 4.58. The minimum absolute atomic E-state index is 0.0883. The van der Waals surface area contributed by atoms with Crippen LogP contribution in [0.1, 0.15) is 39.7 Å². The Bertz CT molecular complexity index is 975. The zero-order valence-electron chi connectivity index (χ0n) is 15.0. The van der Waals surface area contributed by atoms with Gasteiger partial charge in [0.2, 0.25) is 0 Å². The average Bonchev–Trinajstić information content (AvgIpc) is 3.49. The van der Waals surface area contributed by atoms with E-state index in [1.807, 2.05) is 24.5 Å². The molecule has 7 heteroatoms. The topological polar surface area (TPSA) is 71.9 Å². The molecule has 27 heavy (non-hydrogen) atoms. The van der Waals surface area contributed by atoms with E-state index >= 15 is 0 Å². The molecule has 0 N–H and O–H groups in total. The Hall–Kier alpha value is -2.86. The summed E-state index contributed by atoms with van der Waals surface area (Å²) in [7, 11) is 3.45. The molecule has 1 aliphatic carbocycles. The first-order chi connectivity index (χ1) is 13.0. The quantitative estimate of drug-likeness (QED) is 0.693. The number of carbonyl (C=O) groups excluding carboxylic acids is 1. The zero-order valence-corrected chi connectivity index (χ0v) is 15.8. The third kappa shape index (κ3) is 3.53. The molecule has 136 valence electrons. The molecule has 1 amide bonds. The fourth-order valence-electron chi connectivity index (χ4n) is 3.17. The lowest BCUT2D eigenvalue weighted by Crippen LogP contribution is -2.22. The number of hydrogen-bond donors (Lipinski definition) is 0. The highest BCUT2D eigenvalue weighted by Crippen LogP contribution is 2.54. The summed E-state index contributed by atoms with van der Waals surface area (Å²) >= 11 is 6.21. The number of halogens is 1. The van der Waals surface area contributed by atoms with Crippen molar-refractivity contribution in [1.29, 1.82) is 0 Å². The monoisotopic (exact) mass is 379 g/mol. The standard InChI is InChI=1S/C20H18ClN5O/c1-26(2)20(27)16-8-12(4-5-17(16)21)14-9-15(14)13-10-24-19(25-11-13)18-22-6-3-7-23-18/h3-8,10-11,14-15H,9H2,1-2H3. The molecule has 2 heterocycles. The molecule has 6 nitrogen and oxygen atoms in total. The molecule has 2 atom stereocenters. The maximum absolute atomic E-state index is 12.3. The van der Waals surface area contributed by atoms with E-state index in [0.29, 0.717) is 34.1 Å². The van der Waals surface area contributed by atoms with Crippen molar-refractivity contribution in [2.75, 3.05) is 14.1 Å². The first-order valence-corrected chi connectivity index (χ1v) is 9.03. The van der Waals surface area contributed by atoms with Gasteiger partial charge in [0.15, 0.2) is 11.6 Å². The third-order valence-corrected chi connectivity index (χ3v) is 5.04. The summed E-state index contributed by atoms with van der Waals surface area (Å²) in [6, 6.07) is 7.46. The molecule has 1 saturated carbocycles. The molecular formula is C20H18ClN5O. The van der Waals surface area contributed by atoms with Crippen LogP contribution in [0.15, 0.2) is 49.1 Å². The number of amides is 1. The fraction of sp³-hybridized carbons (Fsp3) is 0.250. The van der Waals surface area contributed by atoms with Crippen LogP contribution < -0.4 is 0 Å². The largest absolute Gasteiger partial charge is 0.345 e. The lowest BCUT2D eigenvalue weighted by Gasteiger charge is -2.13. The minimum atomic E-state index is -0.0883. The summed E-state index contributed by atoms with van der Waals surface area (Å²) in [5.41, 5.74) is 2.73. The number of nitrogens with zero attached hydrogens (tertiary/aromatic N) is 5. The number of carbonyl (C=O) groups is 1. The number of rotatable bonds is 4. The van der Waals surface area contributed by atoms with Gasteiger partial charge >= 0.3 is 0 Å². The first kappa shape index (κ1) is 17.5. The van der Waals surface area contributed by atoms with Gasteiger partial charge in [-0.2, -0.15) is 0 Å². The van der Waals surface area contributed by atoms with Crippen molar-refractivity contribution < 1.29 is 4.79 Å². The van der Waals surface area contributed by atoms with Crippen molar-refractivity contribution in [3.8, 4) is 11.6 Å². The van der Waals surface area contributed by atoms with Gasteiger partial charge in [0, 0.05) is 38.9 Å². The molecule has 3 aromatic rings. The van der Waals surface area contributed by atoms with Gasteiger partial charge in [-0.1, -0.05) is 17.7 Å². The van der Waals surface area contributed by atoms with E-state index < -0.39 is 0 Å².